The van der Waals surface area contributed by atoms with Gasteiger partial charge in [0.2, 0.25) is 5.95 Å². The van der Waals surface area contributed by atoms with Gasteiger partial charge in [-0.1, -0.05) is 48.5 Å². The molecule has 0 aliphatic heterocycles. The average molecular weight is 358 g/mol. The molecule has 0 bridgehead atoms. The zero-order valence-corrected chi connectivity index (χ0v) is 15.4. The maximum atomic E-state index is 11.8. The Kier molecular flexibility index (Phi) is 5.68. The van der Waals surface area contributed by atoms with Crippen LogP contribution >= 0.6 is 0 Å². The van der Waals surface area contributed by atoms with Gasteiger partial charge in [-0.25, -0.2) is 4.98 Å². The highest BCUT2D eigenvalue weighted by Gasteiger charge is 2.04. The molecular weight excluding hydrogens is 336 g/mol. The van der Waals surface area contributed by atoms with Gasteiger partial charge in [0, 0.05) is 19.5 Å². The lowest BCUT2D eigenvalue weighted by atomic mass is 9.99. The van der Waals surface area contributed by atoms with Gasteiger partial charge in [-0.05, 0) is 41.5 Å². The Morgan fingerprint density at radius 1 is 1.00 bits per heavy atom. The van der Waals surface area contributed by atoms with Crippen molar-refractivity contribution in [1.29, 1.82) is 5.26 Å². The van der Waals surface area contributed by atoms with E-state index in [9.17, 15) is 4.79 Å². The van der Waals surface area contributed by atoms with Crippen LogP contribution in [-0.4, -0.2) is 9.55 Å². The molecule has 0 radical (unpaired) electrons. The fraction of sp³-hybridized carbons (Fsp3) is 0.227. The summed E-state index contributed by atoms with van der Waals surface area (Å²) in [5.74, 6) is 0.240. The van der Waals surface area contributed by atoms with Crippen LogP contribution in [0.1, 0.15) is 23.2 Å². The van der Waals surface area contributed by atoms with E-state index in [-0.39, 0.29) is 11.5 Å². The van der Waals surface area contributed by atoms with Crippen molar-refractivity contribution in [2.45, 2.75) is 25.7 Å². The van der Waals surface area contributed by atoms with Crippen LogP contribution < -0.4 is 11.3 Å². The number of nitrogens with two attached hydrogens (primary N) is 1. The fourth-order valence-electron chi connectivity index (χ4n) is 2.98. The van der Waals surface area contributed by atoms with E-state index in [4.69, 9.17) is 11.0 Å². The first-order valence-electron chi connectivity index (χ1n) is 8.94. The molecule has 136 valence electrons. The van der Waals surface area contributed by atoms with E-state index in [1.807, 2.05) is 6.07 Å². The van der Waals surface area contributed by atoms with Crippen LogP contribution in [-0.2, 0) is 26.3 Å². The lowest BCUT2D eigenvalue weighted by molar-refractivity contribution is 0.806. The standard InChI is InChI=1S/C22H22N4O/c1-26-21(27)15-20(25-22(26)24)12-9-16-7-10-18(11-8-16)19-6-2-4-17(14-19)5-3-13-23/h2,4,6-8,10-11,14-15H,3,5,9,12H2,1H3,(H2,24,25). The summed E-state index contributed by atoms with van der Waals surface area (Å²) in [7, 11) is 1.61. The van der Waals surface area contributed by atoms with Crippen LogP contribution in [0.4, 0.5) is 5.95 Å². The molecule has 0 amide bonds. The molecule has 1 heterocycles. The Morgan fingerprint density at radius 3 is 2.48 bits per heavy atom. The van der Waals surface area contributed by atoms with Crippen molar-refractivity contribution in [2.24, 2.45) is 7.05 Å². The van der Waals surface area contributed by atoms with E-state index in [1.165, 1.54) is 21.8 Å². The summed E-state index contributed by atoms with van der Waals surface area (Å²) in [6, 6.07) is 20.4. The Morgan fingerprint density at radius 2 is 1.78 bits per heavy atom. The number of hydrogen-bond donors (Lipinski definition) is 1. The monoisotopic (exact) mass is 358 g/mol. The molecule has 0 aliphatic rings. The van der Waals surface area contributed by atoms with Crippen LogP contribution in [0, 0.1) is 11.3 Å². The molecule has 3 aromatic rings. The Bertz CT molecular complexity index is 1030. The first-order valence-corrected chi connectivity index (χ1v) is 8.94. The smallest absolute Gasteiger partial charge is 0.254 e. The van der Waals surface area contributed by atoms with Crippen molar-refractivity contribution < 1.29 is 0 Å². The molecule has 5 nitrogen and oxygen atoms in total. The highest BCUT2D eigenvalue weighted by atomic mass is 16.1. The van der Waals surface area contributed by atoms with Gasteiger partial charge in [0.1, 0.15) is 0 Å². The molecular formula is C22H22N4O. The number of hydrogen-bond acceptors (Lipinski definition) is 4. The molecule has 2 N–H and O–H groups in total. The minimum atomic E-state index is -0.135. The van der Waals surface area contributed by atoms with E-state index >= 15 is 0 Å². The maximum Gasteiger partial charge on any atom is 0.254 e. The highest BCUT2D eigenvalue weighted by molar-refractivity contribution is 5.64. The molecule has 0 fully saturated rings. The number of nitrogens with zero attached hydrogens (tertiary/aromatic N) is 3. The van der Waals surface area contributed by atoms with Gasteiger partial charge in [0.05, 0.1) is 11.8 Å². The average Bonchev–Trinajstić information content (AvgIpc) is 2.69. The van der Waals surface area contributed by atoms with Crippen molar-refractivity contribution in [3.63, 3.8) is 0 Å². The molecule has 27 heavy (non-hydrogen) atoms. The number of rotatable bonds is 6. The zero-order valence-electron chi connectivity index (χ0n) is 15.4. The van der Waals surface area contributed by atoms with E-state index in [1.54, 1.807) is 7.05 Å². The number of nitriles is 1. The minimum absolute atomic E-state index is 0.135. The van der Waals surface area contributed by atoms with Crippen molar-refractivity contribution >= 4 is 5.95 Å². The third-order valence-corrected chi connectivity index (χ3v) is 4.63. The van der Waals surface area contributed by atoms with E-state index in [0.29, 0.717) is 18.5 Å². The summed E-state index contributed by atoms with van der Waals surface area (Å²) in [5, 5.41) is 8.74. The van der Waals surface area contributed by atoms with Crippen LogP contribution in [0.25, 0.3) is 11.1 Å². The minimum Gasteiger partial charge on any atom is -0.369 e. The SMILES string of the molecule is Cn1c(N)nc(CCc2ccc(-c3cccc(CCC#N)c3)cc2)cc1=O. The molecule has 0 unspecified atom stereocenters. The lowest BCUT2D eigenvalue weighted by Crippen LogP contribution is -2.21. The van der Waals surface area contributed by atoms with Crippen LogP contribution in [0.2, 0.25) is 0 Å². The molecule has 5 heteroatoms. The highest BCUT2D eigenvalue weighted by Crippen LogP contribution is 2.22. The van der Waals surface area contributed by atoms with Crippen molar-refractivity contribution in [1.82, 2.24) is 9.55 Å². The normalized spacial score (nSPS) is 10.5. The Balaban J connectivity index is 1.69. The molecule has 1 aromatic heterocycles. The number of aryl methyl sites for hydroxylation is 3. The van der Waals surface area contributed by atoms with E-state index in [2.05, 4.69) is 53.5 Å². The molecule has 0 aliphatic carbocycles. The van der Waals surface area contributed by atoms with Gasteiger partial charge < -0.3 is 5.73 Å². The Labute approximate surface area is 158 Å². The predicted molar refractivity (Wildman–Crippen MR) is 107 cm³/mol. The first-order chi connectivity index (χ1) is 13.1. The fourth-order valence-corrected chi connectivity index (χ4v) is 2.98. The van der Waals surface area contributed by atoms with Gasteiger partial charge in [-0.15, -0.1) is 0 Å². The second kappa shape index (κ2) is 8.33. The largest absolute Gasteiger partial charge is 0.369 e. The van der Waals surface area contributed by atoms with Crippen LogP contribution in [0.15, 0.2) is 59.4 Å². The van der Waals surface area contributed by atoms with Gasteiger partial charge in [-0.2, -0.15) is 5.26 Å². The van der Waals surface area contributed by atoms with E-state index < -0.39 is 0 Å². The lowest BCUT2D eigenvalue weighted by Gasteiger charge is -2.08. The quantitative estimate of drug-likeness (QED) is 0.733. The second-order valence-electron chi connectivity index (χ2n) is 6.56. The van der Waals surface area contributed by atoms with Crippen LogP contribution in [0.3, 0.4) is 0 Å². The number of nitrogen functional groups attached to an aromatic ring is 1. The second-order valence-corrected chi connectivity index (χ2v) is 6.56. The third kappa shape index (κ3) is 4.62. The maximum absolute atomic E-state index is 11.8. The van der Waals surface area contributed by atoms with Gasteiger partial charge in [0.25, 0.3) is 5.56 Å². The first kappa shape index (κ1) is 18.4. The summed E-state index contributed by atoms with van der Waals surface area (Å²) < 4.78 is 1.34. The summed E-state index contributed by atoms with van der Waals surface area (Å²) in [6.07, 6.45) is 2.77. The summed E-state index contributed by atoms with van der Waals surface area (Å²) in [5.41, 5.74) is 11.0. The summed E-state index contributed by atoms with van der Waals surface area (Å²) >= 11 is 0. The molecule has 0 saturated carbocycles. The van der Waals surface area contributed by atoms with Gasteiger partial charge >= 0.3 is 0 Å². The van der Waals surface area contributed by atoms with Crippen molar-refractivity contribution in [3.05, 3.63) is 81.8 Å². The molecule has 3 rings (SSSR count). The third-order valence-electron chi connectivity index (χ3n) is 4.63. The van der Waals surface area contributed by atoms with Gasteiger partial charge in [-0.3, -0.25) is 9.36 Å². The van der Waals surface area contributed by atoms with E-state index in [0.717, 1.165) is 24.0 Å². The molecule has 0 saturated heterocycles. The number of anilines is 1. The molecule has 0 spiro atoms. The topological polar surface area (TPSA) is 84.7 Å². The number of aromatic nitrogens is 2. The van der Waals surface area contributed by atoms with Crippen LogP contribution in [0.5, 0.6) is 0 Å². The van der Waals surface area contributed by atoms with Crippen molar-refractivity contribution in [3.8, 4) is 17.2 Å². The zero-order chi connectivity index (χ0) is 19.2. The van der Waals surface area contributed by atoms with Gasteiger partial charge in [0.15, 0.2) is 0 Å². The molecule has 0 atom stereocenters. The summed E-state index contributed by atoms with van der Waals surface area (Å²) in [4.78, 5) is 16.1. The summed E-state index contributed by atoms with van der Waals surface area (Å²) in [6.45, 7) is 0. The predicted octanol–water partition coefficient (Wildman–Crippen LogP) is 3.27. The Hall–Kier alpha value is -3.39. The number of benzene rings is 2. The molecule has 2 aromatic carbocycles. The van der Waals surface area contributed by atoms with Crippen molar-refractivity contribution in [2.75, 3.05) is 5.73 Å².